The van der Waals surface area contributed by atoms with E-state index in [1.165, 1.54) is 6.20 Å². The number of nitrogens with two attached hydrogens (primary N) is 1. The number of nitrogen functional groups attached to an aromatic ring is 1. The molecule has 0 aliphatic heterocycles. The Balaban J connectivity index is 2.46. The van der Waals surface area contributed by atoms with E-state index in [2.05, 4.69) is 15.5 Å². The van der Waals surface area contributed by atoms with Crippen molar-refractivity contribution in [3.05, 3.63) is 11.9 Å². The van der Waals surface area contributed by atoms with Crippen LogP contribution in [0.15, 0.2) is 6.20 Å². The van der Waals surface area contributed by atoms with E-state index in [-0.39, 0.29) is 17.6 Å². The highest BCUT2D eigenvalue weighted by atomic mass is 32.2. The van der Waals surface area contributed by atoms with Crippen LogP contribution in [-0.2, 0) is 10.8 Å². The standard InChI is InChI=1S/C9H16N4O2S/c1-6(3-4-16(2)15)12-9(14)8-7(10)5-11-13-8/h5-6H,3-4,10H2,1-2H3,(H,11,13)(H,12,14). The molecule has 1 aromatic heterocycles. The lowest BCUT2D eigenvalue weighted by Crippen LogP contribution is -2.34. The van der Waals surface area contributed by atoms with Gasteiger partial charge in [0.05, 0.1) is 11.9 Å². The molecule has 0 saturated heterocycles. The summed E-state index contributed by atoms with van der Waals surface area (Å²) < 4.78 is 10.9. The highest BCUT2D eigenvalue weighted by Crippen LogP contribution is 2.06. The maximum absolute atomic E-state index is 11.6. The van der Waals surface area contributed by atoms with Crippen molar-refractivity contribution < 1.29 is 9.00 Å². The van der Waals surface area contributed by atoms with Crippen molar-refractivity contribution in [2.24, 2.45) is 0 Å². The molecule has 2 atom stereocenters. The third-order valence-corrected chi connectivity index (χ3v) is 2.92. The predicted octanol–water partition coefficient (Wildman–Crippen LogP) is -0.121. The van der Waals surface area contributed by atoms with E-state index < -0.39 is 10.8 Å². The van der Waals surface area contributed by atoms with Crippen molar-refractivity contribution >= 4 is 22.4 Å². The van der Waals surface area contributed by atoms with E-state index in [1.54, 1.807) is 6.26 Å². The Kier molecular flexibility index (Phi) is 4.48. The number of H-pyrrole nitrogens is 1. The molecule has 0 fully saturated rings. The Morgan fingerprint density at radius 1 is 1.75 bits per heavy atom. The zero-order valence-corrected chi connectivity index (χ0v) is 10.1. The molecule has 0 aromatic carbocycles. The molecule has 90 valence electrons. The molecule has 16 heavy (non-hydrogen) atoms. The van der Waals surface area contributed by atoms with Crippen LogP contribution in [0.25, 0.3) is 0 Å². The van der Waals surface area contributed by atoms with Crippen molar-refractivity contribution in [1.82, 2.24) is 15.5 Å². The second-order valence-electron chi connectivity index (χ2n) is 3.64. The predicted molar refractivity (Wildman–Crippen MR) is 63.5 cm³/mol. The van der Waals surface area contributed by atoms with Gasteiger partial charge in [-0.25, -0.2) is 0 Å². The highest BCUT2D eigenvalue weighted by molar-refractivity contribution is 7.84. The maximum atomic E-state index is 11.6. The molecule has 0 bridgehead atoms. The molecule has 1 amide bonds. The molecule has 2 unspecified atom stereocenters. The Hall–Kier alpha value is -1.37. The lowest BCUT2D eigenvalue weighted by atomic mass is 10.2. The van der Waals surface area contributed by atoms with Gasteiger partial charge in [0, 0.05) is 28.9 Å². The van der Waals surface area contributed by atoms with Crippen LogP contribution in [0.5, 0.6) is 0 Å². The summed E-state index contributed by atoms with van der Waals surface area (Å²) in [6.45, 7) is 1.86. The number of carbonyl (C=O) groups excluding carboxylic acids is 1. The van der Waals surface area contributed by atoms with Crippen LogP contribution < -0.4 is 11.1 Å². The summed E-state index contributed by atoms with van der Waals surface area (Å²) in [4.78, 5) is 11.6. The lowest BCUT2D eigenvalue weighted by molar-refractivity contribution is 0.0935. The number of amides is 1. The number of anilines is 1. The van der Waals surface area contributed by atoms with E-state index in [9.17, 15) is 9.00 Å². The summed E-state index contributed by atoms with van der Waals surface area (Å²) in [6.07, 6.45) is 3.70. The van der Waals surface area contributed by atoms with Crippen molar-refractivity contribution in [3.63, 3.8) is 0 Å². The topological polar surface area (TPSA) is 101 Å². The minimum atomic E-state index is -0.838. The first-order valence-corrected chi connectivity index (χ1v) is 6.63. The van der Waals surface area contributed by atoms with Gasteiger partial charge in [0.25, 0.3) is 5.91 Å². The first-order chi connectivity index (χ1) is 7.50. The zero-order chi connectivity index (χ0) is 12.1. The van der Waals surface area contributed by atoms with Gasteiger partial charge < -0.3 is 11.1 Å². The van der Waals surface area contributed by atoms with Crippen LogP contribution in [0.2, 0.25) is 0 Å². The zero-order valence-electron chi connectivity index (χ0n) is 9.32. The van der Waals surface area contributed by atoms with Crippen LogP contribution >= 0.6 is 0 Å². The summed E-state index contributed by atoms with van der Waals surface area (Å²) in [7, 11) is -0.838. The molecule has 0 spiro atoms. The van der Waals surface area contributed by atoms with Gasteiger partial charge in [-0.3, -0.25) is 14.1 Å². The van der Waals surface area contributed by atoms with E-state index in [0.29, 0.717) is 17.9 Å². The molecular formula is C9H16N4O2S. The third kappa shape index (κ3) is 3.65. The molecule has 1 rings (SSSR count). The molecule has 1 aromatic rings. The Labute approximate surface area is 96.4 Å². The second-order valence-corrected chi connectivity index (χ2v) is 5.20. The summed E-state index contributed by atoms with van der Waals surface area (Å²) in [5.41, 5.74) is 6.13. The van der Waals surface area contributed by atoms with Gasteiger partial charge in [-0.1, -0.05) is 0 Å². The van der Waals surface area contributed by atoms with Gasteiger partial charge in [0.15, 0.2) is 0 Å². The average Bonchev–Trinajstić information content (AvgIpc) is 2.61. The molecule has 0 aliphatic rings. The smallest absolute Gasteiger partial charge is 0.271 e. The molecule has 7 heteroatoms. The maximum Gasteiger partial charge on any atom is 0.271 e. The average molecular weight is 244 g/mol. The first-order valence-electron chi connectivity index (χ1n) is 4.90. The lowest BCUT2D eigenvalue weighted by Gasteiger charge is -2.12. The summed E-state index contributed by atoms with van der Waals surface area (Å²) in [5.74, 6) is 0.282. The number of hydrogen-bond donors (Lipinski definition) is 3. The molecule has 0 aliphatic carbocycles. The van der Waals surface area contributed by atoms with Gasteiger partial charge in [-0.15, -0.1) is 0 Å². The fourth-order valence-corrected chi connectivity index (χ4v) is 1.87. The minimum absolute atomic E-state index is 0.0425. The van der Waals surface area contributed by atoms with E-state index in [4.69, 9.17) is 5.73 Å². The quantitative estimate of drug-likeness (QED) is 0.672. The number of aromatic nitrogens is 2. The van der Waals surface area contributed by atoms with E-state index >= 15 is 0 Å². The number of nitrogens with zero attached hydrogens (tertiary/aromatic N) is 1. The van der Waals surface area contributed by atoms with Gasteiger partial charge in [0.2, 0.25) is 0 Å². The van der Waals surface area contributed by atoms with Crippen LogP contribution in [0.4, 0.5) is 5.69 Å². The summed E-state index contributed by atoms with van der Waals surface area (Å²) in [6, 6.07) is -0.0425. The molecule has 1 heterocycles. The summed E-state index contributed by atoms with van der Waals surface area (Å²) in [5, 5.41) is 8.95. The van der Waals surface area contributed by atoms with Crippen LogP contribution in [0.3, 0.4) is 0 Å². The fraction of sp³-hybridized carbons (Fsp3) is 0.556. The van der Waals surface area contributed by atoms with Crippen molar-refractivity contribution in [3.8, 4) is 0 Å². The number of nitrogens with one attached hydrogen (secondary N) is 2. The number of carbonyl (C=O) groups is 1. The van der Waals surface area contributed by atoms with E-state index in [1.807, 2.05) is 6.92 Å². The van der Waals surface area contributed by atoms with Gasteiger partial charge in [-0.05, 0) is 13.3 Å². The number of rotatable bonds is 5. The van der Waals surface area contributed by atoms with Gasteiger partial charge in [0.1, 0.15) is 5.69 Å². The Morgan fingerprint density at radius 2 is 2.44 bits per heavy atom. The number of hydrogen-bond acceptors (Lipinski definition) is 4. The Morgan fingerprint density at radius 3 is 2.94 bits per heavy atom. The van der Waals surface area contributed by atoms with E-state index in [0.717, 1.165) is 0 Å². The number of aromatic amines is 1. The van der Waals surface area contributed by atoms with Crippen LogP contribution in [0, 0.1) is 0 Å². The van der Waals surface area contributed by atoms with Gasteiger partial charge >= 0.3 is 0 Å². The normalized spacial score (nSPS) is 14.4. The minimum Gasteiger partial charge on any atom is -0.396 e. The fourth-order valence-electron chi connectivity index (χ4n) is 1.19. The third-order valence-electron chi connectivity index (χ3n) is 2.11. The molecule has 6 nitrogen and oxygen atoms in total. The molecule has 4 N–H and O–H groups in total. The highest BCUT2D eigenvalue weighted by Gasteiger charge is 2.14. The molecule has 0 saturated carbocycles. The van der Waals surface area contributed by atoms with Crippen molar-refractivity contribution in [2.45, 2.75) is 19.4 Å². The monoisotopic (exact) mass is 244 g/mol. The molecular weight excluding hydrogens is 228 g/mol. The van der Waals surface area contributed by atoms with Crippen LogP contribution in [0.1, 0.15) is 23.8 Å². The first kappa shape index (κ1) is 12.7. The SMILES string of the molecule is CC(CCS(C)=O)NC(=O)c1[nH]ncc1N. The van der Waals surface area contributed by atoms with Crippen molar-refractivity contribution in [2.75, 3.05) is 17.7 Å². The Bertz CT molecular complexity index is 391. The molecule has 0 radical (unpaired) electrons. The second kappa shape index (κ2) is 5.64. The summed E-state index contributed by atoms with van der Waals surface area (Å²) >= 11 is 0. The van der Waals surface area contributed by atoms with Crippen molar-refractivity contribution in [1.29, 1.82) is 0 Å². The largest absolute Gasteiger partial charge is 0.396 e. The van der Waals surface area contributed by atoms with Crippen LogP contribution in [-0.4, -0.2) is 38.4 Å². The van der Waals surface area contributed by atoms with Gasteiger partial charge in [-0.2, -0.15) is 5.10 Å².